The van der Waals surface area contributed by atoms with Gasteiger partial charge in [-0.15, -0.1) is 0 Å². The summed E-state index contributed by atoms with van der Waals surface area (Å²) in [7, 11) is 3.38. The largest absolute Gasteiger partial charge is 0.488 e. The van der Waals surface area contributed by atoms with E-state index in [-0.39, 0.29) is 39.6 Å². The van der Waals surface area contributed by atoms with Gasteiger partial charge in [0.05, 0.1) is 23.3 Å². The monoisotopic (exact) mass is 905 g/mol. The number of carboxylic acid groups (broad SMARTS) is 1. The summed E-state index contributed by atoms with van der Waals surface area (Å²) in [6, 6.07) is 21.4. The van der Waals surface area contributed by atoms with Gasteiger partial charge >= 0.3 is 5.97 Å². The van der Waals surface area contributed by atoms with E-state index in [4.69, 9.17) is 42.1 Å². The van der Waals surface area contributed by atoms with Crippen LogP contribution in [-0.2, 0) is 44.4 Å². The second-order valence-corrected chi connectivity index (χ2v) is 15.6. The molecule has 64 heavy (non-hydrogen) atoms. The molecule has 4 aromatic carbocycles. The summed E-state index contributed by atoms with van der Waals surface area (Å²) < 4.78 is 25.0. The van der Waals surface area contributed by atoms with Gasteiger partial charge in [-0.1, -0.05) is 59.6 Å². The normalized spacial score (nSPS) is 11.9. The molecule has 15 heteroatoms. The highest BCUT2D eigenvalue weighted by atomic mass is 35.5. The predicted molar refractivity (Wildman–Crippen MR) is 248 cm³/mol. The van der Waals surface area contributed by atoms with E-state index >= 15 is 0 Å². The first kappa shape index (κ1) is 47.1. The number of hydrogen-bond acceptors (Lipinski definition) is 12. The minimum absolute atomic E-state index is 0.0557. The fourth-order valence-electron chi connectivity index (χ4n) is 6.88. The van der Waals surface area contributed by atoms with E-state index in [2.05, 4.69) is 37.4 Å². The Morgan fingerprint density at radius 2 is 1.12 bits per heavy atom. The topological polar surface area (TPSA) is 177 Å². The van der Waals surface area contributed by atoms with Gasteiger partial charge in [-0.25, -0.2) is 0 Å². The molecule has 0 aliphatic rings. The number of hydrogen-bond donors (Lipinski definition) is 4. The van der Waals surface area contributed by atoms with Gasteiger partial charge in [0.1, 0.15) is 55.5 Å². The van der Waals surface area contributed by atoms with Crippen molar-refractivity contribution < 1.29 is 39.1 Å². The number of carboxylic acids is 1. The van der Waals surface area contributed by atoms with Crippen molar-refractivity contribution in [3.05, 3.63) is 163 Å². The van der Waals surface area contributed by atoms with Gasteiger partial charge < -0.3 is 34.3 Å². The third-order valence-electron chi connectivity index (χ3n) is 10.3. The summed E-state index contributed by atoms with van der Waals surface area (Å²) in [5.41, 5.74) is 10.4. The Balaban J connectivity index is 1.18. The van der Waals surface area contributed by atoms with Crippen LogP contribution in [-0.4, -0.2) is 70.4 Å². The first-order valence-electron chi connectivity index (χ1n) is 20.2. The minimum atomic E-state index is -1.19. The van der Waals surface area contributed by atoms with Crippen molar-refractivity contribution in [2.75, 3.05) is 20.7 Å². The number of nitrogens with one attached hydrogen (secondary N) is 1. The van der Waals surface area contributed by atoms with Crippen molar-refractivity contribution in [3.63, 3.8) is 0 Å². The van der Waals surface area contributed by atoms with E-state index in [1.54, 1.807) is 75.6 Å². The van der Waals surface area contributed by atoms with E-state index in [9.17, 15) is 20.1 Å². The highest BCUT2D eigenvalue weighted by Gasteiger charge is 2.19. The number of aliphatic carboxylic acids is 1. The lowest BCUT2D eigenvalue weighted by Crippen LogP contribution is -2.39. The zero-order valence-corrected chi connectivity index (χ0v) is 37.4. The van der Waals surface area contributed by atoms with Gasteiger partial charge in [0.15, 0.2) is 0 Å². The second-order valence-electron chi connectivity index (χ2n) is 14.8. The maximum absolute atomic E-state index is 11.6. The Kier molecular flexibility index (Phi) is 16.8. The van der Waals surface area contributed by atoms with E-state index in [0.717, 1.165) is 55.6 Å². The van der Waals surface area contributed by atoms with E-state index in [0.29, 0.717) is 44.2 Å². The Labute approximate surface area is 382 Å². The number of aliphatic hydroxyl groups excluding tert-OH is 2. The predicted octanol–water partition coefficient (Wildman–Crippen LogP) is 8.51. The number of carbonyl (C=O) groups is 1. The summed E-state index contributed by atoms with van der Waals surface area (Å²) in [4.78, 5) is 28.2. The van der Waals surface area contributed by atoms with E-state index in [1.807, 2.05) is 50.2 Å². The first-order valence-corrected chi connectivity index (χ1v) is 21.0. The van der Waals surface area contributed by atoms with Crippen LogP contribution in [0.1, 0.15) is 55.6 Å². The smallest absolute Gasteiger partial charge is 0.323 e. The minimum Gasteiger partial charge on any atom is -0.488 e. The van der Waals surface area contributed by atoms with E-state index in [1.165, 1.54) is 0 Å². The molecular formula is C49H49Cl2N5O8. The maximum Gasteiger partial charge on any atom is 0.323 e. The number of pyridine rings is 2. The molecule has 0 aliphatic heterocycles. The van der Waals surface area contributed by atoms with Crippen molar-refractivity contribution in [1.29, 1.82) is 0 Å². The summed E-state index contributed by atoms with van der Waals surface area (Å²) in [5, 5.41) is 32.6. The Morgan fingerprint density at radius 1 is 0.656 bits per heavy atom. The molecule has 0 bridgehead atoms. The Morgan fingerprint density at radius 3 is 1.58 bits per heavy atom. The lowest BCUT2D eigenvalue weighted by molar-refractivity contribution is -0.140. The molecule has 0 amide bonds. The molecular weight excluding hydrogens is 857 g/mol. The zero-order valence-electron chi connectivity index (χ0n) is 35.8. The first-order chi connectivity index (χ1) is 31.0. The van der Waals surface area contributed by atoms with Crippen LogP contribution < -0.4 is 24.3 Å². The number of halogens is 2. The van der Waals surface area contributed by atoms with Gasteiger partial charge in [-0.3, -0.25) is 30.1 Å². The molecule has 4 N–H and O–H groups in total. The number of aliphatic hydroxyl groups is 2. The number of aliphatic imine (C=N–C) groups is 2. The van der Waals surface area contributed by atoms with Crippen LogP contribution in [0.25, 0.3) is 11.1 Å². The van der Waals surface area contributed by atoms with Crippen LogP contribution in [0.3, 0.4) is 0 Å². The maximum atomic E-state index is 11.6. The second kappa shape index (κ2) is 22.8. The number of rotatable bonds is 21. The van der Waals surface area contributed by atoms with Crippen LogP contribution in [0.5, 0.6) is 23.0 Å². The molecule has 2 aromatic heterocycles. The summed E-state index contributed by atoms with van der Waals surface area (Å²) in [5.74, 6) is 0.464. The quantitative estimate of drug-likeness (QED) is 0.0510. The molecule has 0 radical (unpaired) electrons. The van der Waals surface area contributed by atoms with Crippen molar-refractivity contribution in [3.8, 4) is 34.1 Å². The van der Waals surface area contributed by atoms with Gasteiger partial charge in [0.25, 0.3) is 0 Å². The zero-order chi connectivity index (χ0) is 45.6. The van der Waals surface area contributed by atoms with E-state index < -0.39 is 18.6 Å². The SMILES string of the molecule is C/N=C/c1cncc(COc2cc(OCc3cccc(-c4cccc(COc5cc(OCc6cncc(/C=N/C)c6)c(CN[C@H](CO)C(=O)O)cc5Cl)c4C)c3C)c(Cl)cc2CO)c1. The van der Waals surface area contributed by atoms with Crippen molar-refractivity contribution in [1.82, 2.24) is 15.3 Å². The molecule has 0 saturated heterocycles. The average molecular weight is 907 g/mol. The van der Waals surface area contributed by atoms with Gasteiger partial charge in [0.2, 0.25) is 0 Å². The van der Waals surface area contributed by atoms with Crippen molar-refractivity contribution in [2.24, 2.45) is 9.98 Å². The van der Waals surface area contributed by atoms with Crippen LogP contribution in [0, 0.1) is 13.8 Å². The third-order valence-corrected chi connectivity index (χ3v) is 10.9. The fraction of sp³-hybridized carbons (Fsp3) is 0.245. The molecule has 0 aliphatic carbocycles. The number of nitrogens with zero attached hydrogens (tertiary/aromatic N) is 4. The lowest BCUT2D eigenvalue weighted by Gasteiger charge is -2.19. The Bertz CT molecular complexity index is 2640. The summed E-state index contributed by atoms with van der Waals surface area (Å²) >= 11 is 13.4. The summed E-state index contributed by atoms with van der Waals surface area (Å²) in [6.07, 6.45) is 10.2. The molecule has 0 spiro atoms. The molecule has 0 fully saturated rings. The van der Waals surface area contributed by atoms with Gasteiger partial charge in [-0.05, 0) is 71.5 Å². The molecule has 6 aromatic rings. The van der Waals surface area contributed by atoms with Crippen LogP contribution in [0.2, 0.25) is 10.0 Å². The molecule has 2 heterocycles. The van der Waals surface area contributed by atoms with Crippen LogP contribution in [0.15, 0.2) is 108 Å². The van der Waals surface area contributed by atoms with Crippen molar-refractivity contribution >= 4 is 41.6 Å². The Hall–Kier alpha value is -6.35. The molecule has 332 valence electrons. The highest BCUT2D eigenvalue weighted by molar-refractivity contribution is 6.32. The van der Waals surface area contributed by atoms with Crippen LogP contribution >= 0.6 is 23.2 Å². The summed E-state index contributed by atoms with van der Waals surface area (Å²) in [6.45, 7) is 4.08. The van der Waals surface area contributed by atoms with Gasteiger partial charge in [0, 0.05) is 103 Å². The van der Waals surface area contributed by atoms with Crippen molar-refractivity contribution in [2.45, 2.75) is 59.5 Å². The average Bonchev–Trinajstić information content (AvgIpc) is 3.29. The molecule has 0 saturated carbocycles. The molecule has 13 nitrogen and oxygen atoms in total. The molecule has 6 rings (SSSR count). The molecule has 0 unspecified atom stereocenters. The number of aromatic nitrogens is 2. The number of benzene rings is 4. The van der Waals surface area contributed by atoms with Crippen LogP contribution in [0.4, 0.5) is 0 Å². The fourth-order valence-corrected chi connectivity index (χ4v) is 7.36. The van der Waals surface area contributed by atoms with Gasteiger partial charge in [-0.2, -0.15) is 0 Å². The third kappa shape index (κ3) is 12.2. The highest BCUT2D eigenvalue weighted by Crippen LogP contribution is 2.37. The molecule has 1 atom stereocenters. The standard InChI is InChI=1S/C49H49Cl2N5O8/c1-30-36(28-63-47-15-45(61-26-34-11-32(17-52-3)19-54-21-34)38(13-42(47)50)23-56-44(25-58)49(59)60)7-5-9-40(30)41-10-6-8-37(31(41)2)29-64-48-16-46(39(24-57)14-43(48)51)62-27-35-12-33(18-53-4)20-55-22-35/h5-22,44,56-58H,23-29H2,1-4H3,(H,59,60)/b52-17+,53-18+/t44-/m1/s1. The lowest BCUT2D eigenvalue weighted by atomic mass is 9.92. The number of ether oxygens (including phenoxy) is 4.